The topological polar surface area (TPSA) is 32.6 Å². The van der Waals surface area contributed by atoms with Gasteiger partial charge in [-0.25, -0.2) is 0 Å². The highest BCUT2D eigenvalue weighted by Gasteiger charge is 2.17. The van der Waals surface area contributed by atoms with Crippen LogP contribution < -0.4 is 14.2 Å². The van der Waals surface area contributed by atoms with Gasteiger partial charge in [0.1, 0.15) is 0 Å². The van der Waals surface area contributed by atoms with E-state index in [1.807, 2.05) is 12.1 Å². The number of aromatic nitrogens is 1. The molecule has 0 atom stereocenters. The first-order valence-corrected chi connectivity index (χ1v) is 10.1. The maximum absolute atomic E-state index is 5.56. The van der Waals surface area contributed by atoms with Crippen molar-refractivity contribution in [3.8, 4) is 17.2 Å². The van der Waals surface area contributed by atoms with Gasteiger partial charge in [-0.05, 0) is 60.9 Å². The van der Waals surface area contributed by atoms with Gasteiger partial charge < -0.3 is 18.8 Å². The monoisotopic (exact) mass is 401 g/mol. The minimum absolute atomic E-state index is 0.598. The predicted molar refractivity (Wildman–Crippen MR) is 124 cm³/mol. The van der Waals surface area contributed by atoms with E-state index in [2.05, 4.69) is 67.0 Å². The largest absolute Gasteiger partial charge is 0.493 e. The molecule has 0 aliphatic carbocycles. The van der Waals surface area contributed by atoms with Crippen molar-refractivity contribution >= 4 is 27.4 Å². The third kappa shape index (κ3) is 3.09. The van der Waals surface area contributed by atoms with E-state index in [4.69, 9.17) is 14.2 Å². The Morgan fingerprint density at radius 3 is 2.07 bits per heavy atom. The summed E-state index contributed by atoms with van der Waals surface area (Å²) in [7, 11) is 4.90. The van der Waals surface area contributed by atoms with E-state index < -0.39 is 0 Å². The number of allylic oxidation sites excluding steroid dienone is 1. The normalized spacial score (nSPS) is 11.8. The Hall–Kier alpha value is -3.40. The van der Waals surface area contributed by atoms with E-state index in [-0.39, 0.29) is 0 Å². The number of nitrogens with zero attached hydrogens (tertiary/aromatic N) is 1. The molecule has 0 spiro atoms. The van der Waals surface area contributed by atoms with Gasteiger partial charge in [0.25, 0.3) is 0 Å². The highest BCUT2D eigenvalue weighted by molar-refractivity contribution is 6.09. The van der Waals surface area contributed by atoms with Gasteiger partial charge in [0.2, 0.25) is 5.75 Å². The van der Waals surface area contributed by atoms with Crippen LogP contribution in [0.2, 0.25) is 0 Å². The summed E-state index contributed by atoms with van der Waals surface area (Å²) in [5, 5.41) is 2.54. The van der Waals surface area contributed by atoms with E-state index in [0.717, 1.165) is 23.2 Å². The molecule has 4 nitrogen and oxygen atoms in total. The molecule has 0 unspecified atom stereocenters. The predicted octanol–water partition coefficient (Wildman–Crippen LogP) is 6.29. The van der Waals surface area contributed by atoms with Gasteiger partial charge in [-0.2, -0.15) is 0 Å². The van der Waals surface area contributed by atoms with Gasteiger partial charge in [-0.15, -0.1) is 0 Å². The van der Waals surface area contributed by atoms with E-state index in [9.17, 15) is 0 Å². The standard InChI is InChI=1S/C26H27NO3/c1-6-19(18-15-24(28-3)26(30-5)25(16-18)29-4)17-12-13-23-21(14-17)20-10-8-9-11-22(20)27(23)7-2/h6,8-16H,7H2,1-5H3/b19-6+. The third-order valence-corrected chi connectivity index (χ3v) is 5.66. The lowest BCUT2D eigenvalue weighted by Crippen LogP contribution is -1.98. The Kier molecular flexibility index (Phi) is 5.40. The fourth-order valence-electron chi connectivity index (χ4n) is 4.30. The first-order valence-electron chi connectivity index (χ1n) is 10.1. The van der Waals surface area contributed by atoms with Crippen molar-refractivity contribution in [3.63, 3.8) is 0 Å². The van der Waals surface area contributed by atoms with Crippen LogP contribution in [-0.4, -0.2) is 25.9 Å². The molecule has 0 aliphatic heterocycles. The van der Waals surface area contributed by atoms with Crippen LogP contribution >= 0.6 is 0 Å². The molecule has 1 aromatic heterocycles. The van der Waals surface area contributed by atoms with Crippen LogP contribution in [0.1, 0.15) is 25.0 Å². The Bertz CT molecular complexity index is 1230. The molecule has 30 heavy (non-hydrogen) atoms. The number of methoxy groups -OCH3 is 3. The molecule has 0 radical (unpaired) electrons. The average Bonchev–Trinajstić information content (AvgIpc) is 3.11. The Morgan fingerprint density at radius 1 is 0.800 bits per heavy atom. The van der Waals surface area contributed by atoms with E-state index in [0.29, 0.717) is 17.2 Å². The van der Waals surface area contributed by atoms with Gasteiger partial charge in [-0.3, -0.25) is 0 Å². The molecule has 0 bridgehead atoms. The van der Waals surface area contributed by atoms with Crippen LogP contribution in [0, 0.1) is 0 Å². The molecular weight excluding hydrogens is 374 g/mol. The van der Waals surface area contributed by atoms with Crippen LogP contribution in [0.3, 0.4) is 0 Å². The summed E-state index contributed by atoms with van der Waals surface area (Å²) >= 11 is 0. The van der Waals surface area contributed by atoms with Crippen molar-refractivity contribution in [2.24, 2.45) is 0 Å². The molecule has 0 saturated carbocycles. The van der Waals surface area contributed by atoms with Gasteiger partial charge in [-0.1, -0.05) is 30.3 Å². The van der Waals surface area contributed by atoms with Gasteiger partial charge in [0.15, 0.2) is 11.5 Å². The molecule has 4 heteroatoms. The van der Waals surface area contributed by atoms with Crippen LogP contribution in [0.5, 0.6) is 17.2 Å². The van der Waals surface area contributed by atoms with Crippen molar-refractivity contribution in [3.05, 3.63) is 71.8 Å². The number of fused-ring (bicyclic) bond motifs is 3. The van der Waals surface area contributed by atoms with Gasteiger partial charge in [0, 0.05) is 28.4 Å². The molecular formula is C26H27NO3. The second-order valence-corrected chi connectivity index (χ2v) is 7.11. The Balaban J connectivity index is 1.92. The summed E-state index contributed by atoms with van der Waals surface area (Å²) in [5.74, 6) is 1.89. The van der Waals surface area contributed by atoms with Crippen LogP contribution in [0.25, 0.3) is 27.4 Å². The first kappa shape index (κ1) is 19.9. The quantitative estimate of drug-likeness (QED) is 0.380. The number of hydrogen-bond acceptors (Lipinski definition) is 3. The summed E-state index contributed by atoms with van der Waals surface area (Å²) in [6.07, 6.45) is 2.13. The second kappa shape index (κ2) is 8.15. The molecule has 0 aliphatic rings. The third-order valence-electron chi connectivity index (χ3n) is 5.66. The number of aryl methyl sites for hydroxylation is 1. The second-order valence-electron chi connectivity index (χ2n) is 7.11. The zero-order chi connectivity index (χ0) is 21.3. The molecule has 0 fully saturated rings. The number of hydrogen-bond donors (Lipinski definition) is 0. The molecule has 154 valence electrons. The summed E-state index contributed by atoms with van der Waals surface area (Å²) in [5.41, 5.74) is 5.80. The maximum atomic E-state index is 5.56. The van der Waals surface area contributed by atoms with E-state index in [1.54, 1.807) is 21.3 Å². The van der Waals surface area contributed by atoms with Crippen molar-refractivity contribution in [1.82, 2.24) is 4.57 Å². The molecule has 0 amide bonds. The number of rotatable bonds is 6. The first-order chi connectivity index (χ1) is 14.7. The van der Waals surface area contributed by atoms with Gasteiger partial charge >= 0.3 is 0 Å². The summed E-state index contributed by atoms with van der Waals surface area (Å²) in [4.78, 5) is 0. The average molecular weight is 402 g/mol. The van der Waals surface area contributed by atoms with Gasteiger partial charge in [0.05, 0.1) is 21.3 Å². The number of ether oxygens (including phenoxy) is 3. The van der Waals surface area contributed by atoms with Crippen LogP contribution in [-0.2, 0) is 6.54 Å². The van der Waals surface area contributed by atoms with Crippen LogP contribution in [0.4, 0.5) is 0 Å². The SMILES string of the molecule is C/C=C(/c1cc(OC)c(OC)c(OC)c1)c1ccc2c(c1)c1ccccc1n2CC. The van der Waals surface area contributed by atoms with E-state index >= 15 is 0 Å². The Morgan fingerprint density at radius 2 is 1.47 bits per heavy atom. The highest BCUT2D eigenvalue weighted by atomic mass is 16.5. The lowest BCUT2D eigenvalue weighted by atomic mass is 9.95. The number of benzene rings is 3. The maximum Gasteiger partial charge on any atom is 0.203 e. The van der Waals surface area contributed by atoms with Crippen molar-refractivity contribution in [2.75, 3.05) is 21.3 Å². The molecule has 0 N–H and O–H groups in total. The molecule has 0 saturated heterocycles. The summed E-state index contributed by atoms with van der Waals surface area (Å²) in [6, 6.07) is 19.3. The van der Waals surface area contributed by atoms with Crippen molar-refractivity contribution < 1.29 is 14.2 Å². The Labute approximate surface area is 177 Å². The molecule has 4 aromatic rings. The fourth-order valence-corrected chi connectivity index (χ4v) is 4.30. The van der Waals surface area contributed by atoms with Crippen molar-refractivity contribution in [2.45, 2.75) is 20.4 Å². The smallest absolute Gasteiger partial charge is 0.203 e. The fraction of sp³-hybridized carbons (Fsp3) is 0.231. The minimum Gasteiger partial charge on any atom is -0.493 e. The van der Waals surface area contributed by atoms with E-state index in [1.165, 1.54) is 21.8 Å². The molecule has 3 aromatic carbocycles. The molecule has 1 heterocycles. The zero-order valence-electron chi connectivity index (χ0n) is 18.2. The lowest BCUT2D eigenvalue weighted by Gasteiger charge is -2.16. The van der Waals surface area contributed by atoms with Crippen LogP contribution in [0.15, 0.2) is 60.7 Å². The summed E-state index contributed by atoms with van der Waals surface area (Å²) < 4.78 is 19.0. The highest BCUT2D eigenvalue weighted by Crippen LogP contribution is 2.41. The van der Waals surface area contributed by atoms with Crippen molar-refractivity contribution in [1.29, 1.82) is 0 Å². The lowest BCUT2D eigenvalue weighted by molar-refractivity contribution is 0.324. The zero-order valence-corrected chi connectivity index (χ0v) is 18.2. The minimum atomic E-state index is 0.598. The summed E-state index contributed by atoms with van der Waals surface area (Å²) in [6.45, 7) is 5.18. The molecule has 4 rings (SSSR count). The number of para-hydroxylation sites is 1.